The largest absolute Gasteiger partial charge is 0.308 e. The van der Waals surface area contributed by atoms with Gasteiger partial charge in [-0.05, 0) is 51.1 Å². The second-order valence-electron chi connectivity index (χ2n) is 6.14. The summed E-state index contributed by atoms with van der Waals surface area (Å²) in [4.78, 5) is 2.18. The summed E-state index contributed by atoms with van der Waals surface area (Å²) in [5, 5.41) is 4.09. The van der Waals surface area contributed by atoms with Crippen LogP contribution in [-0.4, -0.2) is 31.6 Å². The van der Waals surface area contributed by atoms with Crippen molar-refractivity contribution in [2.24, 2.45) is 5.92 Å². The fourth-order valence-electron chi connectivity index (χ4n) is 2.50. The molecule has 2 unspecified atom stereocenters. The van der Waals surface area contributed by atoms with E-state index in [1.807, 2.05) is 0 Å². The van der Waals surface area contributed by atoms with Crippen LogP contribution in [0.15, 0.2) is 18.2 Å². The Bertz CT molecular complexity index is 411. The highest BCUT2D eigenvalue weighted by Crippen LogP contribution is 2.24. The standard InChI is InChI=1S/C16H26ClFN2/c1-11(2)8-14(10-20(4)5)19-12(3)15-7-6-13(18)9-16(15)17/h6-7,9,11-12,14,19H,8,10H2,1-5H3. The monoisotopic (exact) mass is 300 g/mol. The number of nitrogens with zero attached hydrogens (tertiary/aromatic N) is 1. The van der Waals surface area contributed by atoms with Crippen molar-refractivity contribution in [2.75, 3.05) is 20.6 Å². The number of benzene rings is 1. The van der Waals surface area contributed by atoms with E-state index in [2.05, 4.69) is 45.1 Å². The Morgan fingerprint density at radius 3 is 2.40 bits per heavy atom. The summed E-state index contributed by atoms with van der Waals surface area (Å²) in [5.41, 5.74) is 0.945. The predicted octanol–water partition coefficient (Wildman–Crippen LogP) is 4.11. The van der Waals surface area contributed by atoms with E-state index in [0.717, 1.165) is 18.5 Å². The molecule has 1 rings (SSSR count). The van der Waals surface area contributed by atoms with Crippen molar-refractivity contribution in [1.29, 1.82) is 0 Å². The van der Waals surface area contributed by atoms with E-state index in [-0.39, 0.29) is 11.9 Å². The fraction of sp³-hybridized carbons (Fsp3) is 0.625. The van der Waals surface area contributed by atoms with E-state index in [1.165, 1.54) is 12.1 Å². The van der Waals surface area contributed by atoms with Crippen molar-refractivity contribution >= 4 is 11.6 Å². The van der Waals surface area contributed by atoms with Crippen LogP contribution in [0.1, 0.15) is 38.8 Å². The zero-order chi connectivity index (χ0) is 15.3. The fourth-order valence-corrected chi connectivity index (χ4v) is 2.83. The maximum absolute atomic E-state index is 13.1. The third kappa shape index (κ3) is 5.78. The van der Waals surface area contributed by atoms with Gasteiger partial charge in [-0.1, -0.05) is 31.5 Å². The first-order valence-electron chi connectivity index (χ1n) is 7.15. The normalized spacial score (nSPS) is 14.8. The zero-order valence-electron chi connectivity index (χ0n) is 13.1. The van der Waals surface area contributed by atoms with Crippen LogP contribution in [0.4, 0.5) is 4.39 Å². The van der Waals surface area contributed by atoms with Crippen LogP contribution < -0.4 is 5.32 Å². The summed E-state index contributed by atoms with van der Waals surface area (Å²) in [5.74, 6) is 0.335. The third-order valence-corrected chi connectivity index (χ3v) is 3.58. The average Bonchev–Trinajstić information content (AvgIpc) is 2.26. The molecule has 0 saturated heterocycles. The highest BCUT2D eigenvalue weighted by molar-refractivity contribution is 6.31. The van der Waals surface area contributed by atoms with Crippen molar-refractivity contribution in [3.63, 3.8) is 0 Å². The molecule has 2 nitrogen and oxygen atoms in total. The molecule has 0 radical (unpaired) electrons. The number of hydrogen-bond donors (Lipinski definition) is 1. The molecule has 20 heavy (non-hydrogen) atoms. The summed E-state index contributed by atoms with van der Waals surface area (Å²) >= 11 is 6.13. The van der Waals surface area contributed by atoms with Gasteiger partial charge in [0.1, 0.15) is 5.82 Å². The van der Waals surface area contributed by atoms with Crippen molar-refractivity contribution in [2.45, 2.75) is 39.3 Å². The molecule has 1 N–H and O–H groups in total. The maximum atomic E-state index is 13.1. The summed E-state index contributed by atoms with van der Waals surface area (Å²) in [6, 6.07) is 5.09. The Kier molecular flexibility index (Phi) is 6.93. The summed E-state index contributed by atoms with van der Waals surface area (Å²) in [6.45, 7) is 7.49. The van der Waals surface area contributed by atoms with Crippen LogP contribution in [-0.2, 0) is 0 Å². The molecule has 0 fully saturated rings. The molecule has 4 heteroatoms. The molecule has 2 atom stereocenters. The Labute approximate surface area is 127 Å². The smallest absolute Gasteiger partial charge is 0.124 e. The molecule has 0 spiro atoms. The van der Waals surface area contributed by atoms with E-state index in [1.54, 1.807) is 6.07 Å². The van der Waals surface area contributed by atoms with Gasteiger partial charge in [0, 0.05) is 23.7 Å². The van der Waals surface area contributed by atoms with Crippen LogP contribution in [0.5, 0.6) is 0 Å². The molecule has 0 heterocycles. The number of nitrogens with one attached hydrogen (secondary N) is 1. The lowest BCUT2D eigenvalue weighted by molar-refractivity contribution is 0.291. The topological polar surface area (TPSA) is 15.3 Å². The molecule has 114 valence electrons. The van der Waals surface area contributed by atoms with Gasteiger partial charge in [-0.2, -0.15) is 0 Å². The number of hydrogen-bond acceptors (Lipinski definition) is 2. The van der Waals surface area contributed by atoms with Gasteiger partial charge in [0.2, 0.25) is 0 Å². The molecule has 0 aliphatic rings. The van der Waals surface area contributed by atoms with Crippen LogP contribution in [0.2, 0.25) is 5.02 Å². The molecule has 0 aromatic heterocycles. The SMILES string of the molecule is CC(C)CC(CN(C)C)NC(C)c1ccc(F)cc1Cl. The van der Waals surface area contributed by atoms with Crippen LogP contribution in [0.3, 0.4) is 0 Å². The first-order chi connectivity index (χ1) is 9.29. The second-order valence-corrected chi connectivity index (χ2v) is 6.55. The van der Waals surface area contributed by atoms with Crippen LogP contribution >= 0.6 is 11.6 Å². The van der Waals surface area contributed by atoms with Crippen molar-refractivity contribution in [3.05, 3.63) is 34.6 Å². The molecular formula is C16H26ClFN2. The lowest BCUT2D eigenvalue weighted by atomic mass is 10.0. The lowest BCUT2D eigenvalue weighted by Crippen LogP contribution is -2.40. The van der Waals surface area contributed by atoms with E-state index >= 15 is 0 Å². The molecule has 1 aromatic carbocycles. The minimum Gasteiger partial charge on any atom is -0.308 e. The van der Waals surface area contributed by atoms with E-state index in [9.17, 15) is 4.39 Å². The van der Waals surface area contributed by atoms with Crippen molar-refractivity contribution in [3.8, 4) is 0 Å². The van der Waals surface area contributed by atoms with E-state index in [0.29, 0.717) is 17.0 Å². The van der Waals surface area contributed by atoms with Crippen molar-refractivity contribution in [1.82, 2.24) is 10.2 Å². The van der Waals surface area contributed by atoms with Crippen molar-refractivity contribution < 1.29 is 4.39 Å². The highest BCUT2D eigenvalue weighted by atomic mass is 35.5. The molecule has 0 aliphatic carbocycles. The third-order valence-electron chi connectivity index (χ3n) is 3.26. The second kappa shape index (κ2) is 7.96. The Balaban J connectivity index is 2.75. The minimum atomic E-state index is -0.294. The lowest BCUT2D eigenvalue weighted by Gasteiger charge is -2.28. The number of rotatable bonds is 7. The van der Waals surface area contributed by atoms with E-state index in [4.69, 9.17) is 11.6 Å². The first kappa shape index (κ1) is 17.4. The molecule has 0 amide bonds. The molecule has 0 saturated carbocycles. The van der Waals surface area contributed by atoms with Gasteiger partial charge in [-0.3, -0.25) is 0 Å². The van der Waals surface area contributed by atoms with Gasteiger partial charge in [0.25, 0.3) is 0 Å². The van der Waals surface area contributed by atoms with E-state index < -0.39 is 0 Å². The summed E-state index contributed by atoms with van der Waals surface area (Å²) in [6.07, 6.45) is 1.10. The van der Waals surface area contributed by atoms with Gasteiger partial charge in [0.15, 0.2) is 0 Å². The predicted molar refractivity (Wildman–Crippen MR) is 84.8 cm³/mol. The summed E-state index contributed by atoms with van der Waals surface area (Å²) in [7, 11) is 4.15. The molecule has 1 aromatic rings. The minimum absolute atomic E-state index is 0.104. The van der Waals surface area contributed by atoms with Crippen LogP contribution in [0.25, 0.3) is 0 Å². The Morgan fingerprint density at radius 2 is 1.90 bits per heavy atom. The van der Waals surface area contributed by atoms with Gasteiger partial charge in [-0.25, -0.2) is 4.39 Å². The van der Waals surface area contributed by atoms with Gasteiger partial charge >= 0.3 is 0 Å². The van der Waals surface area contributed by atoms with Gasteiger partial charge in [-0.15, -0.1) is 0 Å². The Morgan fingerprint density at radius 1 is 1.25 bits per heavy atom. The zero-order valence-corrected chi connectivity index (χ0v) is 13.8. The van der Waals surface area contributed by atoms with Gasteiger partial charge in [0.05, 0.1) is 0 Å². The molecular weight excluding hydrogens is 275 g/mol. The van der Waals surface area contributed by atoms with Gasteiger partial charge < -0.3 is 10.2 Å². The number of halogens is 2. The summed E-state index contributed by atoms with van der Waals surface area (Å²) < 4.78 is 13.1. The van der Waals surface area contributed by atoms with Crippen LogP contribution in [0, 0.1) is 11.7 Å². The quantitative estimate of drug-likeness (QED) is 0.815. The number of likely N-dealkylation sites (N-methyl/N-ethyl adjacent to an activating group) is 1. The highest BCUT2D eigenvalue weighted by Gasteiger charge is 2.17. The molecule has 0 aliphatic heterocycles. The maximum Gasteiger partial charge on any atom is 0.124 e. The first-order valence-corrected chi connectivity index (χ1v) is 7.53. The molecule has 0 bridgehead atoms. The Hall–Kier alpha value is -0.640. The average molecular weight is 301 g/mol.